The number of nitrogens with two attached hydrogens (primary N) is 1. The molecular formula is C12H18F2N2O. The highest BCUT2D eigenvalue weighted by molar-refractivity contribution is 5.23. The summed E-state index contributed by atoms with van der Waals surface area (Å²) in [5.41, 5.74) is 5.59. The standard InChI is InChI=1S/C12H18F2N2O/c1-16(2)9(8-15)5-6-17-10-3-4-11(13)12(14)7-10/h3-4,7,9H,5-6,8,15H2,1-2H3. The van der Waals surface area contributed by atoms with Gasteiger partial charge in [-0.1, -0.05) is 0 Å². The van der Waals surface area contributed by atoms with Crippen LogP contribution in [0.4, 0.5) is 8.78 Å². The molecule has 0 aliphatic carbocycles. The third-order valence-electron chi connectivity index (χ3n) is 2.61. The monoisotopic (exact) mass is 244 g/mol. The van der Waals surface area contributed by atoms with Crippen LogP contribution in [0.3, 0.4) is 0 Å². The minimum absolute atomic E-state index is 0.222. The van der Waals surface area contributed by atoms with Crippen LogP contribution in [0.2, 0.25) is 0 Å². The summed E-state index contributed by atoms with van der Waals surface area (Å²) in [5.74, 6) is -1.44. The molecule has 1 atom stereocenters. The van der Waals surface area contributed by atoms with Crippen LogP contribution in [0.1, 0.15) is 6.42 Å². The van der Waals surface area contributed by atoms with E-state index in [9.17, 15) is 8.78 Å². The molecule has 0 bridgehead atoms. The fourth-order valence-corrected chi connectivity index (χ4v) is 1.47. The number of hydrogen-bond acceptors (Lipinski definition) is 3. The molecule has 1 unspecified atom stereocenters. The minimum Gasteiger partial charge on any atom is -0.493 e. The number of nitrogens with zero attached hydrogens (tertiary/aromatic N) is 1. The van der Waals surface area contributed by atoms with Crippen LogP contribution in [0, 0.1) is 11.6 Å². The van der Waals surface area contributed by atoms with E-state index in [1.807, 2.05) is 19.0 Å². The first-order valence-electron chi connectivity index (χ1n) is 5.49. The van der Waals surface area contributed by atoms with Gasteiger partial charge in [0.25, 0.3) is 0 Å². The van der Waals surface area contributed by atoms with Gasteiger partial charge in [0.15, 0.2) is 11.6 Å². The molecular weight excluding hydrogens is 226 g/mol. The van der Waals surface area contributed by atoms with Crippen LogP contribution in [-0.2, 0) is 0 Å². The lowest BCUT2D eigenvalue weighted by atomic mass is 10.2. The van der Waals surface area contributed by atoms with Crippen molar-refractivity contribution in [1.29, 1.82) is 0 Å². The lowest BCUT2D eigenvalue weighted by Gasteiger charge is -2.22. The Morgan fingerprint density at radius 1 is 1.29 bits per heavy atom. The summed E-state index contributed by atoms with van der Waals surface area (Å²) in [4.78, 5) is 2.01. The summed E-state index contributed by atoms with van der Waals surface area (Å²) in [5, 5.41) is 0. The van der Waals surface area contributed by atoms with Crippen LogP contribution < -0.4 is 10.5 Å². The fourth-order valence-electron chi connectivity index (χ4n) is 1.47. The van der Waals surface area contributed by atoms with E-state index < -0.39 is 11.6 Å². The number of halogens is 2. The average molecular weight is 244 g/mol. The largest absolute Gasteiger partial charge is 0.493 e. The first kappa shape index (κ1) is 13.9. The van der Waals surface area contributed by atoms with Gasteiger partial charge >= 0.3 is 0 Å². The summed E-state index contributed by atoms with van der Waals surface area (Å²) in [6, 6.07) is 3.73. The number of rotatable bonds is 6. The van der Waals surface area contributed by atoms with Crippen molar-refractivity contribution in [3.8, 4) is 5.75 Å². The number of likely N-dealkylation sites (N-methyl/N-ethyl adjacent to an activating group) is 1. The van der Waals surface area contributed by atoms with Crippen LogP contribution in [0.25, 0.3) is 0 Å². The van der Waals surface area contributed by atoms with Gasteiger partial charge in [-0.05, 0) is 32.6 Å². The quantitative estimate of drug-likeness (QED) is 0.826. The highest BCUT2D eigenvalue weighted by Gasteiger charge is 2.09. The van der Waals surface area contributed by atoms with Gasteiger partial charge in [-0.25, -0.2) is 8.78 Å². The van der Waals surface area contributed by atoms with Gasteiger partial charge in [0.2, 0.25) is 0 Å². The van der Waals surface area contributed by atoms with Crippen molar-refractivity contribution in [1.82, 2.24) is 4.90 Å². The lowest BCUT2D eigenvalue weighted by molar-refractivity contribution is 0.225. The zero-order chi connectivity index (χ0) is 12.8. The molecule has 0 aromatic heterocycles. The molecule has 0 amide bonds. The van der Waals surface area contributed by atoms with Gasteiger partial charge in [-0.3, -0.25) is 0 Å². The molecule has 96 valence electrons. The zero-order valence-electron chi connectivity index (χ0n) is 10.1. The molecule has 3 nitrogen and oxygen atoms in total. The molecule has 0 saturated carbocycles. The van der Waals surface area contributed by atoms with Gasteiger partial charge in [-0.15, -0.1) is 0 Å². The van der Waals surface area contributed by atoms with E-state index in [2.05, 4.69) is 0 Å². The molecule has 0 aliphatic rings. The summed E-state index contributed by atoms with van der Waals surface area (Å²) in [6.07, 6.45) is 0.739. The molecule has 0 radical (unpaired) electrons. The number of hydrogen-bond donors (Lipinski definition) is 1. The van der Waals surface area contributed by atoms with Gasteiger partial charge < -0.3 is 15.4 Å². The number of benzene rings is 1. The maximum Gasteiger partial charge on any atom is 0.162 e. The third kappa shape index (κ3) is 4.28. The molecule has 17 heavy (non-hydrogen) atoms. The predicted molar refractivity (Wildman–Crippen MR) is 63.0 cm³/mol. The van der Waals surface area contributed by atoms with Crippen molar-refractivity contribution in [2.24, 2.45) is 5.73 Å². The molecule has 2 N–H and O–H groups in total. The molecule has 1 aromatic carbocycles. The first-order valence-corrected chi connectivity index (χ1v) is 5.49. The Morgan fingerprint density at radius 3 is 2.53 bits per heavy atom. The summed E-state index contributed by atoms with van der Waals surface area (Å²) >= 11 is 0. The Balaban J connectivity index is 2.42. The molecule has 1 aromatic rings. The molecule has 0 fully saturated rings. The maximum atomic E-state index is 12.9. The Morgan fingerprint density at radius 2 is 2.00 bits per heavy atom. The van der Waals surface area contributed by atoms with Gasteiger partial charge in [0, 0.05) is 18.7 Å². The molecule has 0 saturated heterocycles. The topological polar surface area (TPSA) is 38.5 Å². The molecule has 5 heteroatoms. The van der Waals surface area contributed by atoms with Crippen molar-refractivity contribution in [3.63, 3.8) is 0 Å². The first-order chi connectivity index (χ1) is 8.04. The molecule has 1 rings (SSSR count). The van der Waals surface area contributed by atoms with Crippen LogP contribution in [0.5, 0.6) is 5.75 Å². The Labute approximate surface area is 100 Å². The van der Waals surface area contributed by atoms with E-state index in [0.29, 0.717) is 18.9 Å². The highest BCUT2D eigenvalue weighted by Crippen LogP contribution is 2.15. The van der Waals surface area contributed by atoms with Crippen LogP contribution in [0.15, 0.2) is 18.2 Å². The lowest BCUT2D eigenvalue weighted by Crippen LogP contribution is -2.36. The smallest absolute Gasteiger partial charge is 0.162 e. The van der Waals surface area contributed by atoms with Crippen molar-refractivity contribution >= 4 is 0 Å². The van der Waals surface area contributed by atoms with E-state index in [1.165, 1.54) is 6.07 Å². The van der Waals surface area contributed by atoms with Crippen molar-refractivity contribution < 1.29 is 13.5 Å². The molecule has 0 spiro atoms. The fraction of sp³-hybridized carbons (Fsp3) is 0.500. The molecule has 0 aliphatic heterocycles. The Kier molecular flexibility index (Phi) is 5.31. The van der Waals surface area contributed by atoms with E-state index in [1.54, 1.807) is 0 Å². The number of ether oxygens (including phenoxy) is 1. The van der Waals surface area contributed by atoms with E-state index in [0.717, 1.165) is 18.6 Å². The van der Waals surface area contributed by atoms with Crippen LogP contribution >= 0.6 is 0 Å². The van der Waals surface area contributed by atoms with E-state index in [4.69, 9.17) is 10.5 Å². The van der Waals surface area contributed by atoms with Gasteiger partial charge in [0.1, 0.15) is 5.75 Å². The highest BCUT2D eigenvalue weighted by atomic mass is 19.2. The van der Waals surface area contributed by atoms with Crippen LogP contribution in [-0.4, -0.2) is 38.2 Å². The molecule has 0 heterocycles. The predicted octanol–water partition coefficient (Wildman–Crippen LogP) is 1.62. The second kappa shape index (κ2) is 6.51. The summed E-state index contributed by atoms with van der Waals surface area (Å²) < 4.78 is 30.9. The third-order valence-corrected chi connectivity index (χ3v) is 2.61. The SMILES string of the molecule is CN(C)C(CN)CCOc1ccc(F)c(F)c1. The Hall–Kier alpha value is -1.20. The second-order valence-electron chi connectivity index (χ2n) is 4.07. The van der Waals surface area contributed by atoms with Gasteiger partial charge in [-0.2, -0.15) is 0 Å². The maximum absolute atomic E-state index is 12.9. The normalized spacial score (nSPS) is 12.8. The van der Waals surface area contributed by atoms with Crippen molar-refractivity contribution in [3.05, 3.63) is 29.8 Å². The zero-order valence-corrected chi connectivity index (χ0v) is 10.1. The van der Waals surface area contributed by atoms with Gasteiger partial charge in [0.05, 0.1) is 6.61 Å². The second-order valence-corrected chi connectivity index (χ2v) is 4.07. The summed E-state index contributed by atoms with van der Waals surface area (Å²) in [7, 11) is 3.88. The van der Waals surface area contributed by atoms with Crippen molar-refractivity contribution in [2.45, 2.75) is 12.5 Å². The average Bonchev–Trinajstić information content (AvgIpc) is 2.28. The Bertz CT molecular complexity index is 358. The summed E-state index contributed by atoms with van der Waals surface area (Å²) in [6.45, 7) is 0.958. The van der Waals surface area contributed by atoms with E-state index >= 15 is 0 Å². The van der Waals surface area contributed by atoms with E-state index in [-0.39, 0.29) is 6.04 Å². The minimum atomic E-state index is -0.898. The van der Waals surface area contributed by atoms with Crippen molar-refractivity contribution in [2.75, 3.05) is 27.2 Å².